The number of pyridine rings is 1. The van der Waals surface area contributed by atoms with Crippen LogP contribution in [0.15, 0.2) is 30.3 Å². The molecular formula is C16H18N2O3. The Morgan fingerprint density at radius 1 is 1.19 bits per heavy atom. The Labute approximate surface area is 123 Å². The Morgan fingerprint density at radius 2 is 2.05 bits per heavy atom. The van der Waals surface area contributed by atoms with Crippen molar-refractivity contribution < 1.29 is 14.2 Å². The zero-order chi connectivity index (χ0) is 14.7. The third-order valence-electron chi connectivity index (χ3n) is 3.14. The van der Waals surface area contributed by atoms with Gasteiger partial charge < -0.3 is 19.5 Å². The monoisotopic (exact) mass is 286 g/mol. The number of rotatable bonds is 5. The van der Waals surface area contributed by atoms with Crippen LogP contribution in [0.1, 0.15) is 18.2 Å². The Morgan fingerprint density at radius 3 is 2.90 bits per heavy atom. The fraction of sp³-hybridized carbons (Fsp3) is 0.312. The minimum atomic E-state index is 0.258. The van der Waals surface area contributed by atoms with Crippen molar-refractivity contribution >= 4 is 0 Å². The summed E-state index contributed by atoms with van der Waals surface area (Å²) in [4.78, 5) is 4.41. The number of benzene rings is 1. The number of ether oxygens (including phenoxy) is 3. The molecule has 110 valence electrons. The van der Waals surface area contributed by atoms with Crippen LogP contribution in [0.3, 0.4) is 0 Å². The fourth-order valence-electron chi connectivity index (χ4n) is 2.19. The van der Waals surface area contributed by atoms with Crippen LogP contribution in [0.4, 0.5) is 0 Å². The second-order valence-corrected chi connectivity index (χ2v) is 4.85. The van der Waals surface area contributed by atoms with Crippen LogP contribution in [0.25, 0.3) is 0 Å². The summed E-state index contributed by atoms with van der Waals surface area (Å²) in [7, 11) is 0. The molecule has 21 heavy (non-hydrogen) atoms. The second kappa shape index (κ2) is 6.01. The molecule has 2 aromatic rings. The van der Waals surface area contributed by atoms with E-state index in [9.17, 15) is 0 Å². The van der Waals surface area contributed by atoms with Crippen LogP contribution in [0.5, 0.6) is 23.1 Å². The third-order valence-corrected chi connectivity index (χ3v) is 3.14. The van der Waals surface area contributed by atoms with Gasteiger partial charge in [0, 0.05) is 24.4 Å². The first-order chi connectivity index (χ1) is 10.2. The summed E-state index contributed by atoms with van der Waals surface area (Å²) >= 11 is 0. The molecule has 3 rings (SSSR count). The quantitative estimate of drug-likeness (QED) is 0.915. The van der Waals surface area contributed by atoms with Gasteiger partial charge in [-0.1, -0.05) is 6.92 Å². The van der Waals surface area contributed by atoms with E-state index >= 15 is 0 Å². The maximum Gasteiger partial charge on any atom is 0.231 e. The largest absolute Gasteiger partial charge is 0.454 e. The van der Waals surface area contributed by atoms with Gasteiger partial charge in [-0.2, -0.15) is 0 Å². The molecule has 1 aliphatic heterocycles. The van der Waals surface area contributed by atoms with Crippen LogP contribution >= 0.6 is 0 Å². The first-order valence-corrected chi connectivity index (χ1v) is 7.00. The van der Waals surface area contributed by atoms with Crippen LogP contribution < -0.4 is 19.5 Å². The molecule has 2 heterocycles. The number of aromatic nitrogens is 1. The summed E-state index contributed by atoms with van der Waals surface area (Å²) in [6, 6.07) is 9.50. The lowest BCUT2D eigenvalue weighted by Crippen LogP contribution is -2.12. The number of hydrogen-bond donors (Lipinski definition) is 1. The molecule has 0 bridgehead atoms. The number of fused-ring (bicyclic) bond motifs is 1. The molecule has 0 spiro atoms. The Hall–Kier alpha value is -2.27. The van der Waals surface area contributed by atoms with Crippen molar-refractivity contribution in [3.8, 4) is 23.1 Å². The van der Waals surface area contributed by atoms with Crippen LogP contribution in [0, 0.1) is 6.92 Å². The Balaban J connectivity index is 1.79. The highest BCUT2D eigenvalue weighted by atomic mass is 16.7. The lowest BCUT2D eigenvalue weighted by Gasteiger charge is -2.09. The van der Waals surface area contributed by atoms with E-state index in [1.807, 2.05) is 31.2 Å². The van der Waals surface area contributed by atoms with E-state index in [0.717, 1.165) is 30.1 Å². The fourth-order valence-corrected chi connectivity index (χ4v) is 2.19. The number of hydrogen-bond acceptors (Lipinski definition) is 5. The molecule has 5 heteroatoms. The highest BCUT2D eigenvalue weighted by Gasteiger charge is 2.14. The maximum atomic E-state index is 5.83. The van der Waals surface area contributed by atoms with Gasteiger partial charge in [0.05, 0.1) is 0 Å². The first-order valence-electron chi connectivity index (χ1n) is 7.00. The summed E-state index contributed by atoms with van der Waals surface area (Å²) in [5.41, 5.74) is 2.08. The van der Waals surface area contributed by atoms with Crippen molar-refractivity contribution in [2.75, 3.05) is 13.3 Å². The maximum absolute atomic E-state index is 5.83. The molecule has 0 aliphatic carbocycles. The highest BCUT2D eigenvalue weighted by molar-refractivity contribution is 5.47. The Kier molecular flexibility index (Phi) is 3.92. The highest BCUT2D eigenvalue weighted by Crippen LogP contribution is 2.36. The molecule has 5 nitrogen and oxygen atoms in total. The van der Waals surface area contributed by atoms with Gasteiger partial charge in [0.25, 0.3) is 0 Å². The lowest BCUT2D eigenvalue weighted by molar-refractivity contribution is 0.174. The van der Waals surface area contributed by atoms with Gasteiger partial charge in [0.2, 0.25) is 12.7 Å². The molecule has 1 aromatic carbocycles. The average Bonchev–Trinajstić information content (AvgIpc) is 2.92. The standard InChI is InChI=1S/C16H18N2O3/c1-3-17-9-12-6-11(2)18-16(7-12)21-13-4-5-14-15(8-13)20-10-19-14/h4-8,17H,3,9-10H2,1-2H3. The third kappa shape index (κ3) is 3.25. The summed E-state index contributed by atoms with van der Waals surface area (Å²) in [5.74, 6) is 2.72. The minimum Gasteiger partial charge on any atom is -0.454 e. The predicted molar refractivity (Wildman–Crippen MR) is 79.0 cm³/mol. The van der Waals surface area contributed by atoms with Crippen molar-refractivity contribution in [1.29, 1.82) is 0 Å². The van der Waals surface area contributed by atoms with Gasteiger partial charge in [-0.25, -0.2) is 4.98 Å². The van der Waals surface area contributed by atoms with E-state index in [1.54, 1.807) is 0 Å². The van der Waals surface area contributed by atoms with E-state index in [4.69, 9.17) is 14.2 Å². The zero-order valence-corrected chi connectivity index (χ0v) is 12.2. The molecule has 1 aromatic heterocycles. The van der Waals surface area contributed by atoms with Gasteiger partial charge in [-0.3, -0.25) is 0 Å². The van der Waals surface area contributed by atoms with Crippen LogP contribution in [0.2, 0.25) is 0 Å². The van der Waals surface area contributed by atoms with E-state index < -0.39 is 0 Å². The van der Waals surface area contributed by atoms with Crippen molar-refractivity contribution in [2.24, 2.45) is 0 Å². The number of nitrogens with zero attached hydrogens (tertiary/aromatic N) is 1. The van der Waals surface area contributed by atoms with Crippen molar-refractivity contribution in [3.63, 3.8) is 0 Å². The van der Waals surface area contributed by atoms with Gasteiger partial charge in [0.1, 0.15) is 5.75 Å². The van der Waals surface area contributed by atoms with Crippen LogP contribution in [-0.2, 0) is 6.54 Å². The molecular weight excluding hydrogens is 268 g/mol. The number of aryl methyl sites for hydroxylation is 1. The molecule has 0 saturated carbocycles. The molecule has 0 atom stereocenters. The first kappa shape index (κ1) is 13.7. The van der Waals surface area contributed by atoms with E-state index in [0.29, 0.717) is 17.4 Å². The SMILES string of the molecule is CCNCc1cc(C)nc(Oc2ccc3c(c2)OCO3)c1. The van der Waals surface area contributed by atoms with Gasteiger partial charge in [-0.05, 0) is 37.2 Å². The minimum absolute atomic E-state index is 0.258. The topological polar surface area (TPSA) is 52.6 Å². The average molecular weight is 286 g/mol. The predicted octanol–water partition coefficient (Wildman–Crippen LogP) is 3.02. The molecule has 0 amide bonds. The lowest BCUT2D eigenvalue weighted by atomic mass is 10.2. The second-order valence-electron chi connectivity index (χ2n) is 4.85. The van der Waals surface area contributed by atoms with Gasteiger partial charge in [-0.15, -0.1) is 0 Å². The van der Waals surface area contributed by atoms with Crippen molar-refractivity contribution in [3.05, 3.63) is 41.6 Å². The summed E-state index contributed by atoms with van der Waals surface area (Å²) in [6.07, 6.45) is 0. The molecule has 1 N–H and O–H groups in total. The molecule has 0 saturated heterocycles. The summed E-state index contributed by atoms with van der Waals surface area (Å²) < 4.78 is 16.5. The van der Waals surface area contributed by atoms with E-state index in [2.05, 4.69) is 23.3 Å². The smallest absolute Gasteiger partial charge is 0.231 e. The molecule has 0 fully saturated rings. The van der Waals surface area contributed by atoms with Gasteiger partial charge >= 0.3 is 0 Å². The Bertz CT molecular complexity index is 643. The summed E-state index contributed by atoms with van der Waals surface area (Å²) in [5, 5.41) is 3.30. The molecule has 1 aliphatic rings. The number of nitrogens with one attached hydrogen (secondary N) is 1. The molecule has 0 unspecified atom stereocenters. The van der Waals surface area contributed by atoms with Crippen molar-refractivity contribution in [2.45, 2.75) is 20.4 Å². The van der Waals surface area contributed by atoms with E-state index in [-0.39, 0.29) is 6.79 Å². The summed E-state index contributed by atoms with van der Waals surface area (Å²) in [6.45, 7) is 6.03. The normalized spacial score (nSPS) is 12.5. The molecule has 0 radical (unpaired) electrons. The van der Waals surface area contributed by atoms with E-state index in [1.165, 1.54) is 0 Å². The van der Waals surface area contributed by atoms with Crippen LogP contribution in [-0.4, -0.2) is 18.3 Å². The van der Waals surface area contributed by atoms with Gasteiger partial charge in [0.15, 0.2) is 11.5 Å². The van der Waals surface area contributed by atoms with Crippen molar-refractivity contribution in [1.82, 2.24) is 10.3 Å². The zero-order valence-electron chi connectivity index (χ0n) is 12.2.